The van der Waals surface area contributed by atoms with Crippen molar-refractivity contribution in [3.63, 3.8) is 0 Å². The van der Waals surface area contributed by atoms with E-state index in [0.717, 1.165) is 9.95 Å². The number of furan rings is 1. The van der Waals surface area contributed by atoms with E-state index in [9.17, 15) is 5.48 Å². The first-order valence-electron chi connectivity index (χ1n) is 22.7. The summed E-state index contributed by atoms with van der Waals surface area (Å²) in [7, 11) is 0. The van der Waals surface area contributed by atoms with Crippen molar-refractivity contribution in [3.8, 4) is 39.9 Å². The smallest absolute Gasteiger partial charge is 0.238 e. The molecule has 0 saturated heterocycles. The van der Waals surface area contributed by atoms with Gasteiger partial charge < -0.3 is 4.42 Å². The van der Waals surface area contributed by atoms with Crippen LogP contribution in [0.2, 0.25) is 0 Å². The van der Waals surface area contributed by atoms with E-state index < -0.39 is 107 Å². The SMILES string of the molecule is [2H]c1c([2H])c([2H])c2c(c1[2H])-c1c(c([2H])c3c4c([2H])c([2H])c([2H])c([2H])c4n(-c4nc(-c5ccccc5)nc(-c5cccc6oc7ccccc7c56)n4)c3c1[2H])C2(C([2H])([2H])[2H])C([2H])([2H])[2H]. The third-order valence-electron chi connectivity index (χ3n) is 8.53. The van der Waals surface area contributed by atoms with Gasteiger partial charge in [-0.1, -0.05) is 117 Å². The Morgan fingerprint density at radius 2 is 1.40 bits per heavy atom. The van der Waals surface area contributed by atoms with E-state index in [-0.39, 0.29) is 34.0 Å². The zero-order valence-electron chi connectivity index (χ0n) is 40.1. The van der Waals surface area contributed by atoms with Crippen LogP contribution in [0.5, 0.6) is 0 Å². The molecule has 3 heterocycles. The highest BCUT2D eigenvalue weighted by Crippen LogP contribution is 2.51. The van der Waals surface area contributed by atoms with Gasteiger partial charge in [0.25, 0.3) is 0 Å². The number of aromatic nitrogens is 4. The summed E-state index contributed by atoms with van der Waals surface area (Å²) < 4.78 is 151. The van der Waals surface area contributed by atoms with Crippen molar-refractivity contribution in [2.24, 2.45) is 0 Å². The molecule has 47 heavy (non-hydrogen) atoms. The third-order valence-corrected chi connectivity index (χ3v) is 8.53. The molecule has 1 aliphatic rings. The minimum atomic E-state index is -3.64. The van der Waals surface area contributed by atoms with E-state index in [1.54, 1.807) is 54.6 Å². The molecule has 0 amide bonds. The molecule has 0 fully saturated rings. The van der Waals surface area contributed by atoms with E-state index in [0.29, 0.717) is 27.7 Å². The van der Waals surface area contributed by atoms with E-state index in [2.05, 4.69) is 0 Å². The van der Waals surface area contributed by atoms with Crippen LogP contribution in [0.1, 0.15) is 46.8 Å². The van der Waals surface area contributed by atoms with Crippen LogP contribution in [-0.4, -0.2) is 19.5 Å². The van der Waals surface area contributed by atoms with Crippen LogP contribution < -0.4 is 0 Å². The van der Waals surface area contributed by atoms with Crippen LogP contribution in [0, 0.1) is 0 Å². The van der Waals surface area contributed by atoms with Gasteiger partial charge >= 0.3 is 0 Å². The van der Waals surface area contributed by atoms with Crippen LogP contribution >= 0.6 is 0 Å². The molecular weight excluding hydrogens is 576 g/mol. The number of para-hydroxylation sites is 2. The lowest BCUT2D eigenvalue weighted by atomic mass is 9.82. The molecule has 222 valence electrons. The van der Waals surface area contributed by atoms with Crippen molar-refractivity contribution in [2.45, 2.75) is 19.1 Å². The van der Waals surface area contributed by atoms with Crippen molar-refractivity contribution in [1.29, 1.82) is 0 Å². The molecule has 5 heteroatoms. The Morgan fingerprint density at radius 3 is 2.32 bits per heavy atom. The average Bonchev–Trinajstić information content (AvgIpc) is 3.93. The van der Waals surface area contributed by atoms with Gasteiger partial charge in [-0.25, -0.2) is 4.98 Å². The van der Waals surface area contributed by atoms with E-state index in [1.807, 2.05) is 18.2 Å². The first kappa shape index (κ1) is 15.0. The van der Waals surface area contributed by atoms with Crippen LogP contribution in [0.4, 0.5) is 0 Å². The van der Waals surface area contributed by atoms with Gasteiger partial charge in [0.2, 0.25) is 5.95 Å². The molecule has 3 aromatic heterocycles. The molecule has 0 aliphatic heterocycles. The highest BCUT2D eigenvalue weighted by Gasteiger charge is 2.36. The second kappa shape index (κ2) is 9.47. The number of hydrogen-bond donors (Lipinski definition) is 0. The van der Waals surface area contributed by atoms with E-state index >= 15 is 0 Å². The molecule has 0 radical (unpaired) electrons. The van der Waals surface area contributed by atoms with Gasteiger partial charge in [0.1, 0.15) is 11.2 Å². The fourth-order valence-corrected chi connectivity index (χ4v) is 6.44. The highest BCUT2D eigenvalue weighted by atomic mass is 16.3. The second-order valence-electron chi connectivity index (χ2n) is 11.2. The number of fused-ring (bicyclic) bond motifs is 9. The van der Waals surface area contributed by atoms with Gasteiger partial charge in [0, 0.05) is 46.3 Å². The summed E-state index contributed by atoms with van der Waals surface area (Å²) in [5.41, 5.74) is -4.86. The van der Waals surface area contributed by atoms with Crippen LogP contribution in [0.25, 0.3) is 83.6 Å². The fourth-order valence-electron chi connectivity index (χ4n) is 6.44. The van der Waals surface area contributed by atoms with Gasteiger partial charge in [-0.05, 0) is 52.5 Å². The van der Waals surface area contributed by atoms with Crippen molar-refractivity contribution >= 4 is 43.7 Å². The highest BCUT2D eigenvalue weighted by molar-refractivity contribution is 6.13. The molecule has 10 rings (SSSR count). The lowest BCUT2D eigenvalue weighted by Crippen LogP contribution is -2.14. The summed E-state index contributed by atoms with van der Waals surface area (Å²) in [6.07, 6.45) is 0. The first-order valence-corrected chi connectivity index (χ1v) is 14.7. The largest absolute Gasteiger partial charge is 0.456 e. The third kappa shape index (κ3) is 3.68. The Balaban J connectivity index is 1.45. The molecule has 9 aromatic rings. The quantitative estimate of drug-likeness (QED) is 0.197. The van der Waals surface area contributed by atoms with E-state index in [1.165, 1.54) is 0 Å². The maximum atomic E-state index is 9.98. The molecule has 0 atom stereocenters. The van der Waals surface area contributed by atoms with Crippen LogP contribution in [-0.2, 0) is 5.41 Å². The van der Waals surface area contributed by atoms with Crippen molar-refractivity contribution in [2.75, 3.05) is 0 Å². The predicted molar refractivity (Wildman–Crippen MR) is 190 cm³/mol. The standard InChI is InChI=1S/C42H28N4O/c1-42(2)32-19-9-6-15-26(32)30-24-35-31(23-33(30)42)27-16-7-10-20-34(27)46(35)41-44-39(25-13-4-3-5-14-25)43-40(45-41)29-18-12-22-37-38(29)28-17-8-11-21-36(28)47-37/h3-24H,1-2H3/i1D3,2D3,6D,7D,9D,10D,15D,16D,19D,20D,23D,24D. The number of benzene rings is 6. The maximum Gasteiger partial charge on any atom is 0.238 e. The lowest BCUT2D eigenvalue weighted by Gasteiger charge is -2.21. The van der Waals surface area contributed by atoms with Gasteiger partial charge in [-0.3, -0.25) is 4.57 Å². The Bertz CT molecular complexity index is 3490. The summed E-state index contributed by atoms with van der Waals surface area (Å²) in [5, 5.41) is 0.532. The van der Waals surface area contributed by atoms with Gasteiger partial charge in [0.15, 0.2) is 11.6 Å². The summed E-state index contributed by atoms with van der Waals surface area (Å²) in [4.78, 5) is 14.6. The molecule has 0 bridgehead atoms. The van der Waals surface area contributed by atoms with Crippen molar-refractivity contribution < 1.29 is 26.3 Å². The van der Waals surface area contributed by atoms with Gasteiger partial charge in [-0.15, -0.1) is 0 Å². The molecule has 0 spiro atoms. The van der Waals surface area contributed by atoms with Gasteiger partial charge in [-0.2, -0.15) is 9.97 Å². The molecular formula is C42H28N4O. The molecule has 0 N–H and O–H groups in total. The zero-order valence-corrected chi connectivity index (χ0v) is 24.1. The molecule has 0 saturated carbocycles. The van der Waals surface area contributed by atoms with Gasteiger partial charge in [0.05, 0.1) is 24.7 Å². The number of hydrogen-bond acceptors (Lipinski definition) is 4. The predicted octanol–water partition coefficient (Wildman–Crippen LogP) is 10.5. The second-order valence-corrected chi connectivity index (χ2v) is 11.2. The Labute approximate surface area is 293 Å². The Kier molecular flexibility index (Phi) is 3.03. The fraction of sp³-hybridized carbons (Fsp3) is 0.0714. The molecule has 5 nitrogen and oxygen atoms in total. The first-order chi connectivity index (χ1) is 29.7. The van der Waals surface area contributed by atoms with Crippen LogP contribution in [0.3, 0.4) is 0 Å². The minimum Gasteiger partial charge on any atom is -0.456 e. The minimum absolute atomic E-state index is 0.0638. The topological polar surface area (TPSA) is 56.7 Å². The van der Waals surface area contributed by atoms with Crippen LogP contribution in [0.15, 0.2) is 138 Å². The Hall–Kier alpha value is -6.07. The summed E-state index contributed by atoms with van der Waals surface area (Å²) >= 11 is 0. The Morgan fingerprint density at radius 1 is 0.617 bits per heavy atom. The number of rotatable bonds is 3. The van der Waals surface area contributed by atoms with Crippen molar-refractivity contribution in [3.05, 3.63) is 144 Å². The summed E-state index contributed by atoms with van der Waals surface area (Å²) in [6.45, 7) is -7.29. The molecule has 6 aromatic carbocycles. The summed E-state index contributed by atoms with van der Waals surface area (Å²) in [6, 6.07) is 13.3. The normalized spacial score (nSPS) is 18.9. The van der Waals surface area contributed by atoms with E-state index in [4.69, 9.17) is 35.8 Å². The molecule has 1 aliphatic carbocycles. The average molecular weight is 621 g/mol. The monoisotopic (exact) mass is 620 g/mol. The lowest BCUT2D eigenvalue weighted by molar-refractivity contribution is 0.661. The maximum absolute atomic E-state index is 9.98. The summed E-state index contributed by atoms with van der Waals surface area (Å²) in [5.74, 6) is -0.167. The molecule has 0 unspecified atom stereocenters. The number of nitrogens with zero attached hydrogens (tertiary/aromatic N) is 4. The van der Waals surface area contributed by atoms with Crippen molar-refractivity contribution in [1.82, 2.24) is 19.5 Å². The zero-order chi connectivity index (χ0) is 45.0.